The van der Waals surface area contributed by atoms with Gasteiger partial charge in [-0.25, -0.2) is 8.78 Å². The van der Waals surface area contributed by atoms with Crippen molar-refractivity contribution < 1.29 is 23.2 Å². The van der Waals surface area contributed by atoms with Gasteiger partial charge >= 0.3 is 0 Å². The van der Waals surface area contributed by atoms with Crippen LogP contribution in [0.2, 0.25) is 0 Å². The minimum absolute atomic E-state index is 0.0872. The van der Waals surface area contributed by atoms with Crippen molar-refractivity contribution in [1.82, 2.24) is 15.1 Å². The lowest BCUT2D eigenvalue weighted by Crippen LogP contribution is -2.52. The number of fused-ring (bicyclic) bond motifs is 1. The zero-order valence-corrected chi connectivity index (χ0v) is 16.2. The third-order valence-electron chi connectivity index (χ3n) is 6.32. The maximum Gasteiger partial charge on any atom is 0.268 e. The van der Waals surface area contributed by atoms with Crippen LogP contribution in [0.3, 0.4) is 0 Å². The maximum atomic E-state index is 14.3. The predicted molar refractivity (Wildman–Crippen MR) is 99.9 cm³/mol. The Balaban J connectivity index is 1.48. The Bertz CT molecular complexity index is 890. The molecule has 2 atom stereocenters. The molecule has 3 heterocycles. The highest BCUT2D eigenvalue weighted by molar-refractivity contribution is 6.05. The number of rotatable bonds is 4. The minimum atomic E-state index is -2.85. The first kappa shape index (κ1) is 19.9. The van der Waals surface area contributed by atoms with Gasteiger partial charge in [0.2, 0.25) is 11.8 Å². The lowest BCUT2D eigenvalue weighted by atomic mass is 9.86. The van der Waals surface area contributed by atoms with E-state index in [0.29, 0.717) is 18.5 Å². The Kier molecular flexibility index (Phi) is 4.70. The zero-order valence-electron chi connectivity index (χ0n) is 16.2. The summed E-state index contributed by atoms with van der Waals surface area (Å²) in [5.41, 5.74) is 6.45. The fraction of sp³-hybridized carbons (Fsp3) is 0.550. The fourth-order valence-electron chi connectivity index (χ4n) is 4.45. The van der Waals surface area contributed by atoms with Crippen LogP contribution in [0.1, 0.15) is 41.3 Å². The van der Waals surface area contributed by atoms with E-state index in [0.717, 1.165) is 11.1 Å². The molecule has 1 aromatic carbocycles. The number of carbonyl (C=O) groups excluding carboxylic acids is 3. The second-order valence-electron chi connectivity index (χ2n) is 8.51. The van der Waals surface area contributed by atoms with Gasteiger partial charge in [-0.2, -0.15) is 0 Å². The molecule has 2 saturated heterocycles. The van der Waals surface area contributed by atoms with Crippen molar-refractivity contribution in [2.45, 2.75) is 44.8 Å². The molecule has 0 spiro atoms. The molecule has 3 N–H and O–H groups in total. The van der Waals surface area contributed by atoms with E-state index in [-0.39, 0.29) is 44.4 Å². The summed E-state index contributed by atoms with van der Waals surface area (Å²) in [5, 5.41) is 2.27. The van der Waals surface area contributed by atoms with Crippen LogP contribution in [0.5, 0.6) is 0 Å². The summed E-state index contributed by atoms with van der Waals surface area (Å²) in [7, 11) is 0. The van der Waals surface area contributed by atoms with Crippen LogP contribution in [0.25, 0.3) is 0 Å². The molecule has 2 unspecified atom stereocenters. The van der Waals surface area contributed by atoms with E-state index in [1.807, 2.05) is 6.07 Å². The largest absolute Gasteiger partial charge is 0.330 e. The van der Waals surface area contributed by atoms with Gasteiger partial charge in [0.25, 0.3) is 11.8 Å². The third-order valence-corrected chi connectivity index (χ3v) is 6.32. The number of halogens is 2. The van der Waals surface area contributed by atoms with E-state index in [4.69, 9.17) is 5.73 Å². The molecular formula is C20H24F2N4O3. The molecule has 3 aliphatic heterocycles. The van der Waals surface area contributed by atoms with E-state index in [2.05, 4.69) is 5.32 Å². The van der Waals surface area contributed by atoms with Gasteiger partial charge in [0.15, 0.2) is 0 Å². The Morgan fingerprint density at radius 3 is 2.66 bits per heavy atom. The summed E-state index contributed by atoms with van der Waals surface area (Å²) in [6, 6.07) is 4.63. The van der Waals surface area contributed by atoms with Gasteiger partial charge in [-0.05, 0) is 23.6 Å². The number of likely N-dealkylation sites (tertiary alicyclic amines) is 1. The van der Waals surface area contributed by atoms with Crippen molar-refractivity contribution >= 4 is 17.7 Å². The molecule has 1 aromatic rings. The van der Waals surface area contributed by atoms with Crippen molar-refractivity contribution in [3.63, 3.8) is 0 Å². The first-order chi connectivity index (χ1) is 13.6. The van der Waals surface area contributed by atoms with Crippen LogP contribution >= 0.6 is 0 Å². The monoisotopic (exact) mass is 406 g/mol. The molecule has 3 aliphatic rings. The molecule has 0 bridgehead atoms. The summed E-state index contributed by atoms with van der Waals surface area (Å²) >= 11 is 0. The smallest absolute Gasteiger partial charge is 0.268 e. The van der Waals surface area contributed by atoms with E-state index >= 15 is 0 Å². The number of carbonyl (C=O) groups is 3. The highest BCUT2D eigenvalue weighted by Crippen LogP contribution is 2.43. The number of nitrogens with one attached hydrogen (secondary N) is 1. The lowest BCUT2D eigenvalue weighted by molar-refractivity contribution is -0.136. The molecule has 9 heteroatoms. The summed E-state index contributed by atoms with van der Waals surface area (Å²) in [6.45, 7) is 1.88. The third kappa shape index (κ3) is 3.32. The molecular weight excluding hydrogens is 382 g/mol. The molecule has 3 amide bonds. The number of hydrogen-bond acceptors (Lipinski definition) is 5. The molecule has 0 saturated carbocycles. The van der Waals surface area contributed by atoms with Crippen LogP contribution in [-0.2, 0) is 22.7 Å². The SMILES string of the molecule is CC1(CN)CN(Cc2ccc3c(c2)CN(C2CCC(=O)NC2=O)C3=O)CC1(F)F. The molecule has 2 fully saturated rings. The number of nitrogens with two attached hydrogens (primary N) is 1. The van der Waals surface area contributed by atoms with Gasteiger partial charge in [0.1, 0.15) is 6.04 Å². The highest BCUT2D eigenvalue weighted by atomic mass is 19.3. The van der Waals surface area contributed by atoms with E-state index in [1.54, 1.807) is 17.0 Å². The van der Waals surface area contributed by atoms with Crippen LogP contribution in [-0.4, -0.2) is 59.1 Å². The van der Waals surface area contributed by atoms with Crippen molar-refractivity contribution in [3.8, 4) is 0 Å². The summed E-state index contributed by atoms with van der Waals surface area (Å²) in [5.74, 6) is -3.88. The van der Waals surface area contributed by atoms with Crippen LogP contribution < -0.4 is 11.1 Å². The standard InChI is InChI=1S/C20H24F2N4O3/c1-19(9-23)10-25(11-20(19,21)22)7-12-2-3-14-13(6-12)8-26(18(14)29)15-4-5-16(27)24-17(15)28/h2-3,6,15H,4-5,7-11,23H2,1H3,(H,24,27,28). The zero-order chi connectivity index (χ0) is 21.0. The average Bonchev–Trinajstić information content (AvgIpc) is 3.08. The number of piperidine rings is 1. The summed E-state index contributed by atoms with van der Waals surface area (Å²) in [4.78, 5) is 39.4. The fourth-order valence-corrected chi connectivity index (χ4v) is 4.45. The Morgan fingerprint density at radius 1 is 1.24 bits per heavy atom. The average molecular weight is 406 g/mol. The number of nitrogens with zero attached hydrogens (tertiary/aromatic N) is 2. The van der Waals surface area contributed by atoms with Crippen LogP contribution in [0.15, 0.2) is 18.2 Å². The first-order valence-corrected chi connectivity index (χ1v) is 9.70. The van der Waals surface area contributed by atoms with E-state index in [9.17, 15) is 23.2 Å². The lowest BCUT2D eigenvalue weighted by Gasteiger charge is -2.29. The van der Waals surface area contributed by atoms with Gasteiger partial charge < -0.3 is 10.6 Å². The van der Waals surface area contributed by atoms with Gasteiger partial charge in [0, 0.05) is 38.2 Å². The van der Waals surface area contributed by atoms with Crippen molar-refractivity contribution in [2.75, 3.05) is 19.6 Å². The van der Waals surface area contributed by atoms with E-state index in [1.165, 1.54) is 11.8 Å². The van der Waals surface area contributed by atoms with Gasteiger partial charge in [-0.15, -0.1) is 0 Å². The number of hydrogen-bond donors (Lipinski definition) is 2. The molecule has 4 rings (SSSR count). The number of amides is 3. The van der Waals surface area contributed by atoms with Gasteiger partial charge in [-0.1, -0.05) is 19.1 Å². The molecule has 156 valence electrons. The Labute approximate surface area is 167 Å². The van der Waals surface area contributed by atoms with Crippen molar-refractivity contribution in [1.29, 1.82) is 0 Å². The molecule has 29 heavy (non-hydrogen) atoms. The number of imide groups is 1. The predicted octanol–water partition coefficient (Wildman–Crippen LogP) is 0.863. The first-order valence-electron chi connectivity index (χ1n) is 9.70. The van der Waals surface area contributed by atoms with Gasteiger partial charge in [0.05, 0.1) is 12.0 Å². The maximum absolute atomic E-state index is 14.3. The van der Waals surface area contributed by atoms with Gasteiger partial charge in [-0.3, -0.25) is 24.6 Å². The number of benzene rings is 1. The van der Waals surface area contributed by atoms with Crippen molar-refractivity contribution in [2.24, 2.45) is 11.1 Å². The second-order valence-corrected chi connectivity index (χ2v) is 8.51. The summed E-state index contributed by atoms with van der Waals surface area (Å²) < 4.78 is 28.6. The quantitative estimate of drug-likeness (QED) is 0.724. The second kappa shape index (κ2) is 6.84. The minimum Gasteiger partial charge on any atom is -0.330 e. The van der Waals surface area contributed by atoms with Crippen LogP contribution in [0, 0.1) is 5.41 Å². The molecule has 0 aliphatic carbocycles. The van der Waals surface area contributed by atoms with Crippen LogP contribution in [0.4, 0.5) is 8.78 Å². The molecule has 0 aromatic heterocycles. The van der Waals surface area contributed by atoms with E-state index < -0.39 is 23.3 Å². The van der Waals surface area contributed by atoms with Crippen molar-refractivity contribution in [3.05, 3.63) is 34.9 Å². The Morgan fingerprint density at radius 2 is 2.00 bits per heavy atom. The Hall–Kier alpha value is -2.39. The molecule has 0 radical (unpaired) electrons. The topological polar surface area (TPSA) is 95.7 Å². The molecule has 7 nitrogen and oxygen atoms in total. The highest BCUT2D eigenvalue weighted by Gasteiger charge is 2.56. The summed E-state index contributed by atoms with van der Waals surface area (Å²) in [6.07, 6.45) is 0.503. The normalized spacial score (nSPS) is 29.3. The number of alkyl halides is 2.